The molecule has 7 nitrogen and oxygen atoms in total. The molecule has 154 valence electrons. The van der Waals surface area contributed by atoms with Gasteiger partial charge in [-0.2, -0.15) is 9.61 Å². The van der Waals surface area contributed by atoms with E-state index in [2.05, 4.69) is 14.9 Å². The van der Waals surface area contributed by atoms with Crippen LogP contribution in [0.3, 0.4) is 0 Å². The summed E-state index contributed by atoms with van der Waals surface area (Å²) in [7, 11) is -3.85. The molecule has 1 N–H and O–H groups in total. The van der Waals surface area contributed by atoms with Gasteiger partial charge < -0.3 is 0 Å². The molecule has 0 aliphatic rings. The van der Waals surface area contributed by atoms with Crippen LogP contribution in [0.2, 0.25) is 0 Å². The second-order valence-electron chi connectivity index (χ2n) is 6.89. The molecular formula is C22H16FN5O2S. The van der Waals surface area contributed by atoms with Crippen LogP contribution in [0, 0.1) is 5.82 Å². The van der Waals surface area contributed by atoms with Crippen molar-refractivity contribution in [2.24, 2.45) is 0 Å². The van der Waals surface area contributed by atoms with Gasteiger partial charge in [-0.1, -0.05) is 54.6 Å². The first-order valence-electron chi connectivity index (χ1n) is 9.47. The van der Waals surface area contributed by atoms with E-state index in [0.717, 1.165) is 34.2 Å². The summed E-state index contributed by atoms with van der Waals surface area (Å²) in [6.45, 7) is -0.125. The molecule has 0 radical (unpaired) electrons. The number of nitrogens with zero attached hydrogens (tertiary/aromatic N) is 4. The van der Waals surface area contributed by atoms with E-state index >= 15 is 0 Å². The minimum atomic E-state index is -3.85. The summed E-state index contributed by atoms with van der Waals surface area (Å²) in [5.41, 5.74) is 2.20. The van der Waals surface area contributed by atoms with Gasteiger partial charge in [0.1, 0.15) is 5.82 Å². The summed E-state index contributed by atoms with van der Waals surface area (Å²) >= 11 is 0. The van der Waals surface area contributed by atoms with Gasteiger partial charge in [0.25, 0.3) is 0 Å². The highest BCUT2D eigenvalue weighted by atomic mass is 32.2. The first kappa shape index (κ1) is 19.3. The normalized spacial score (nSPS) is 11.9. The van der Waals surface area contributed by atoms with Crippen LogP contribution in [-0.2, 0) is 16.6 Å². The van der Waals surface area contributed by atoms with Gasteiger partial charge in [-0.05, 0) is 24.3 Å². The Hall–Kier alpha value is -3.69. The van der Waals surface area contributed by atoms with E-state index in [-0.39, 0.29) is 11.4 Å². The first-order valence-corrected chi connectivity index (χ1v) is 10.9. The lowest BCUT2D eigenvalue weighted by molar-refractivity contribution is 0.577. The van der Waals surface area contributed by atoms with Crippen LogP contribution >= 0.6 is 0 Å². The smallest absolute Gasteiger partial charge is 0.207 e. The van der Waals surface area contributed by atoms with Crippen LogP contribution in [0.4, 0.5) is 4.39 Å². The maximum atomic E-state index is 13.1. The monoisotopic (exact) mass is 433 g/mol. The molecule has 0 amide bonds. The Labute approximate surface area is 177 Å². The summed E-state index contributed by atoms with van der Waals surface area (Å²) in [5, 5.41) is 14.9. The van der Waals surface area contributed by atoms with Crippen molar-refractivity contribution in [3.8, 4) is 11.3 Å². The Bertz CT molecular complexity index is 1500. The third-order valence-corrected chi connectivity index (χ3v) is 6.34. The first-order chi connectivity index (χ1) is 15.0. The van der Waals surface area contributed by atoms with Crippen LogP contribution in [0.5, 0.6) is 0 Å². The number of fused-ring (bicyclic) bond motifs is 3. The molecule has 0 atom stereocenters. The number of nitrogens with one attached hydrogen (secondary N) is 1. The molecule has 5 rings (SSSR count). The number of hydrogen-bond donors (Lipinski definition) is 1. The zero-order chi connectivity index (χ0) is 21.4. The van der Waals surface area contributed by atoms with Crippen LogP contribution in [0.25, 0.3) is 27.7 Å². The fourth-order valence-corrected chi connectivity index (χ4v) is 4.38. The average Bonchev–Trinajstić information content (AvgIpc) is 3.21. The van der Waals surface area contributed by atoms with Crippen molar-refractivity contribution in [2.45, 2.75) is 11.4 Å². The second kappa shape index (κ2) is 7.53. The van der Waals surface area contributed by atoms with Gasteiger partial charge in [0.05, 0.1) is 17.1 Å². The molecule has 5 aromatic rings. The van der Waals surface area contributed by atoms with E-state index in [9.17, 15) is 12.8 Å². The van der Waals surface area contributed by atoms with Crippen molar-refractivity contribution < 1.29 is 12.8 Å². The molecule has 2 heterocycles. The minimum Gasteiger partial charge on any atom is -0.207 e. The largest absolute Gasteiger partial charge is 0.240 e. The quantitative estimate of drug-likeness (QED) is 0.458. The average molecular weight is 433 g/mol. The molecule has 3 aromatic carbocycles. The molecule has 0 spiro atoms. The summed E-state index contributed by atoms with van der Waals surface area (Å²) in [5.74, 6) is -0.171. The number of hydrogen-bond acceptors (Lipinski definition) is 5. The van der Waals surface area contributed by atoms with Gasteiger partial charge in [-0.25, -0.2) is 17.5 Å². The van der Waals surface area contributed by atoms with Crippen molar-refractivity contribution in [1.29, 1.82) is 0 Å². The van der Waals surface area contributed by atoms with Gasteiger partial charge in [0.2, 0.25) is 10.0 Å². The Morgan fingerprint density at radius 2 is 1.52 bits per heavy atom. The van der Waals surface area contributed by atoms with Crippen LogP contribution in [0.1, 0.15) is 5.82 Å². The SMILES string of the molecule is O=S(=O)(NCc1nnc2c3ccccc3c(-c3ccccc3)nn12)c1ccc(F)cc1. The van der Waals surface area contributed by atoms with Crippen LogP contribution < -0.4 is 4.72 Å². The number of halogens is 1. The Balaban J connectivity index is 1.58. The van der Waals surface area contributed by atoms with Crippen molar-refractivity contribution in [1.82, 2.24) is 24.5 Å². The maximum absolute atomic E-state index is 13.1. The second-order valence-corrected chi connectivity index (χ2v) is 8.66. The topological polar surface area (TPSA) is 89.2 Å². The lowest BCUT2D eigenvalue weighted by Crippen LogP contribution is -2.24. The van der Waals surface area contributed by atoms with Crippen molar-refractivity contribution >= 4 is 26.4 Å². The van der Waals surface area contributed by atoms with E-state index in [1.165, 1.54) is 12.1 Å². The molecule has 0 saturated heterocycles. The van der Waals surface area contributed by atoms with Gasteiger partial charge >= 0.3 is 0 Å². The van der Waals surface area contributed by atoms with Crippen molar-refractivity contribution in [3.05, 3.63) is 90.5 Å². The molecule has 2 aromatic heterocycles. The Morgan fingerprint density at radius 3 is 2.26 bits per heavy atom. The minimum absolute atomic E-state index is 0.0360. The summed E-state index contributed by atoms with van der Waals surface area (Å²) in [6, 6.07) is 22.1. The molecule has 0 aliphatic carbocycles. The van der Waals surface area contributed by atoms with Gasteiger partial charge in [-0.3, -0.25) is 0 Å². The van der Waals surface area contributed by atoms with E-state index < -0.39 is 15.8 Å². The van der Waals surface area contributed by atoms with E-state index in [1.54, 1.807) is 4.52 Å². The predicted molar refractivity (Wildman–Crippen MR) is 114 cm³/mol. The van der Waals surface area contributed by atoms with Gasteiger partial charge in [0, 0.05) is 16.3 Å². The maximum Gasteiger partial charge on any atom is 0.240 e. The van der Waals surface area contributed by atoms with Crippen molar-refractivity contribution in [3.63, 3.8) is 0 Å². The predicted octanol–water partition coefficient (Wildman–Crippen LogP) is 3.56. The molecular weight excluding hydrogens is 417 g/mol. The van der Waals surface area contributed by atoms with Crippen LogP contribution in [0.15, 0.2) is 83.8 Å². The summed E-state index contributed by atoms with van der Waals surface area (Å²) in [4.78, 5) is -0.0360. The number of aromatic nitrogens is 4. The van der Waals surface area contributed by atoms with Gasteiger partial charge in [0.15, 0.2) is 11.5 Å². The Kier molecular flexibility index (Phi) is 4.68. The molecule has 0 saturated carbocycles. The summed E-state index contributed by atoms with van der Waals surface area (Å²) < 4.78 is 42.3. The zero-order valence-electron chi connectivity index (χ0n) is 16.1. The fraction of sp³-hybridized carbons (Fsp3) is 0.0455. The Morgan fingerprint density at radius 1 is 0.839 bits per heavy atom. The van der Waals surface area contributed by atoms with E-state index in [0.29, 0.717) is 11.5 Å². The molecule has 0 aliphatic heterocycles. The zero-order valence-corrected chi connectivity index (χ0v) is 16.9. The molecule has 0 fully saturated rings. The molecule has 9 heteroatoms. The summed E-state index contributed by atoms with van der Waals surface area (Å²) in [6.07, 6.45) is 0. The molecule has 0 unspecified atom stereocenters. The van der Waals surface area contributed by atoms with Crippen molar-refractivity contribution in [2.75, 3.05) is 0 Å². The number of rotatable bonds is 5. The number of benzene rings is 3. The highest BCUT2D eigenvalue weighted by molar-refractivity contribution is 7.89. The van der Waals surface area contributed by atoms with Crippen LogP contribution in [-0.4, -0.2) is 28.2 Å². The van der Waals surface area contributed by atoms with E-state index in [1.807, 2.05) is 54.6 Å². The van der Waals surface area contributed by atoms with Gasteiger partial charge in [-0.15, -0.1) is 10.2 Å². The standard InChI is InChI=1S/C22H16FN5O2S/c23-16-10-12-17(13-11-16)31(29,30)24-14-20-25-26-22-19-9-5-4-8-18(19)21(27-28(20)22)15-6-2-1-3-7-15/h1-13,24H,14H2. The van der Waals surface area contributed by atoms with E-state index in [4.69, 9.17) is 5.10 Å². The highest BCUT2D eigenvalue weighted by Crippen LogP contribution is 2.28. The number of sulfonamides is 1. The lowest BCUT2D eigenvalue weighted by atomic mass is 10.1. The lowest BCUT2D eigenvalue weighted by Gasteiger charge is -2.09. The molecule has 0 bridgehead atoms. The fourth-order valence-electron chi connectivity index (χ4n) is 3.40. The molecule has 31 heavy (non-hydrogen) atoms. The third-order valence-electron chi connectivity index (χ3n) is 4.92. The highest BCUT2D eigenvalue weighted by Gasteiger charge is 2.18. The third kappa shape index (κ3) is 3.54.